The number of guanidine groups is 1. The number of nitrogens with one attached hydrogen (secondary N) is 2. The molecule has 0 aromatic heterocycles. The van der Waals surface area contributed by atoms with Crippen molar-refractivity contribution < 1.29 is 27.0 Å². The number of methoxy groups -OCH3 is 1. The molecule has 0 radical (unpaired) electrons. The molecule has 0 fully saturated rings. The predicted molar refractivity (Wildman–Crippen MR) is 118 cm³/mol. The van der Waals surface area contributed by atoms with Crippen LogP contribution in [0.3, 0.4) is 0 Å². The van der Waals surface area contributed by atoms with Crippen molar-refractivity contribution in [3.63, 3.8) is 0 Å². The minimum absolute atomic E-state index is 0. The summed E-state index contributed by atoms with van der Waals surface area (Å²) in [5.74, 6) is 0.462. The smallest absolute Gasteiger partial charge is 0.422 e. The molecule has 0 atom stereocenters. The molecule has 0 aliphatic rings. The minimum Gasteiger partial charge on any atom is -0.493 e. The average Bonchev–Trinajstić information content (AvgIpc) is 2.69. The van der Waals surface area contributed by atoms with Gasteiger partial charge in [-0.3, -0.25) is 0 Å². The lowest BCUT2D eigenvalue weighted by Crippen LogP contribution is -2.36. The number of nitrogens with zero attached hydrogens (tertiary/aromatic N) is 1. The Balaban J connectivity index is 0.00000450. The molecule has 0 spiro atoms. The summed E-state index contributed by atoms with van der Waals surface area (Å²) < 4.78 is 59.9. The van der Waals surface area contributed by atoms with Crippen molar-refractivity contribution in [1.82, 2.24) is 10.6 Å². The quantitative estimate of drug-likeness (QED) is 0.221. The fourth-order valence-electron chi connectivity index (χ4n) is 2.39. The highest BCUT2D eigenvalue weighted by Crippen LogP contribution is 2.30. The molecule has 5 nitrogen and oxygen atoms in total. The van der Waals surface area contributed by atoms with Gasteiger partial charge in [-0.2, -0.15) is 13.2 Å². The number of benzene rings is 2. The Morgan fingerprint density at radius 2 is 1.67 bits per heavy atom. The Hall–Kier alpha value is -2.24. The van der Waals surface area contributed by atoms with E-state index in [1.54, 1.807) is 24.3 Å². The second-order valence-corrected chi connectivity index (χ2v) is 6.06. The maximum Gasteiger partial charge on any atom is 0.422 e. The molecule has 0 aliphatic heterocycles. The molecule has 0 saturated carbocycles. The summed E-state index contributed by atoms with van der Waals surface area (Å²) in [5.41, 5.74) is 1.63. The van der Waals surface area contributed by atoms with Gasteiger partial charge >= 0.3 is 6.18 Å². The van der Waals surface area contributed by atoms with Crippen LogP contribution in [-0.4, -0.2) is 32.4 Å². The highest BCUT2D eigenvalue weighted by molar-refractivity contribution is 14.0. The van der Waals surface area contributed by atoms with Crippen molar-refractivity contribution in [1.29, 1.82) is 0 Å². The van der Waals surface area contributed by atoms with Crippen LogP contribution in [0, 0.1) is 5.82 Å². The molecule has 2 N–H and O–H groups in total. The van der Waals surface area contributed by atoms with Crippen LogP contribution in [0.15, 0.2) is 47.5 Å². The zero-order chi connectivity index (χ0) is 21.3. The fourth-order valence-corrected chi connectivity index (χ4v) is 2.39. The van der Waals surface area contributed by atoms with Crippen molar-refractivity contribution in [2.45, 2.75) is 26.2 Å². The van der Waals surface area contributed by atoms with Gasteiger partial charge in [0.25, 0.3) is 0 Å². The number of hydrogen-bond donors (Lipinski definition) is 2. The van der Waals surface area contributed by atoms with Gasteiger partial charge in [0.1, 0.15) is 5.82 Å². The number of ether oxygens (including phenoxy) is 2. The van der Waals surface area contributed by atoms with Gasteiger partial charge in [0.05, 0.1) is 13.7 Å². The Morgan fingerprint density at radius 3 is 2.27 bits per heavy atom. The van der Waals surface area contributed by atoms with Crippen molar-refractivity contribution in [3.8, 4) is 11.5 Å². The minimum atomic E-state index is -4.43. The van der Waals surface area contributed by atoms with E-state index >= 15 is 0 Å². The highest BCUT2D eigenvalue weighted by Gasteiger charge is 2.29. The summed E-state index contributed by atoms with van der Waals surface area (Å²) in [5, 5.41) is 6.23. The van der Waals surface area contributed by atoms with Crippen molar-refractivity contribution in [2.75, 3.05) is 20.3 Å². The number of alkyl halides is 3. The largest absolute Gasteiger partial charge is 0.493 e. The number of aliphatic imine (C=N–C) groups is 1. The molecule has 0 saturated heterocycles. The second kappa shape index (κ2) is 12.5. The van der Waals surface area contributed by atoms with Crippen LogP contribution in [0.2, 0.25) is 0 Å². The van der Waals surface area contributed by atoms with Crippen LogP contribution in [0.1, 0.15) is 18.1 Å². The van der Waals surface area contributed by atoms with E-state index in [4.69, 9.17) is 9.47 Å². The first-order valence-electron chi connectivity index (χ1n) is 8.94. The molecule has 30 heavy (non-hydrogen) atoms. The average molecular weight is 541 g/mol. The number of hydrogen-bond acceptors (Lipinski definition) is 3. The molecule has 10 heteroatoms. The van der Waals surface area contributed by atoms with Crippen LogP contribution >= 0.6 is 24.0 Å². The molecule has 166 valence electrons. The number of rotatable bonds is 8. The van der Waals surface area contributed by atoms with Crippen molar-refractivity contribution >= 4 is 29.9 Å². The summed E-state index contributed by atoms with van der Waals surface area (Å²) in [6, 6.07) is 10.8. The maximum atomic E-state index is 13.0. The molecule has 0 bridgehead atoms. The lowest BCUT2D eigenvalue weighted by molar-refractivity contribution is -0.153. The normalized spacial score (nSPS) is 11.5. The van der Waals surface area contributed by atoms with Crippen LogP contribution in [0.25, 0.3) is 0 Å². The van der Waals surface area contributed by atoms with Crippen LogP contribution in [0.5, 0.6) is 11.5 Å². The third kappa shape index (κ3) is 9.06. The third-order valence-electron chi connectivity index (χ3n) is 3.76. The molecule has 2 rings (SSSR count). The summed E-state index contributed by atoms with van der Waals surface area (Å²) >= 11 is 0. The first-order valence-corrected chi connectivity index (χ1v) is 8.94. The van der Waals surface area contributed by atoms with Gasteiger partial charge in [0.15, 0.2) is 24.1 Å². The zero-order valence-electron chi connectivity index (χ0n) is 16.6. The monoisotopic (exact) mass is 541 g/mol. The fraction of sp³-hybridized carbons (Fsp3) is 0.350. The van der Waals surface area contributed by atoms with Gasteiger partial charge < -0.3 is 20.1 Å². The molecule has 0 amide bonds. The maximum absolute atomic E-state index is 13.0. The Labute approximate surface area is 189 Å². The lowest BCUT2D eigenvalue weighted by Gasteiger charge is -2.14. The van der Waals surface area contributed by atoms with E-state index in [0.29, 0.717) is 19.0 Å². The van der Waals surface area contributed by atoms with Crippen molar-refractivity contribution in [2.24, 2.45) is 4.99 Å². The van der Waals surface area contributed by atoms with Gasteiger partial charge in [-0.1, -0.05) is 18.2 Å². The third-order valence-corrected chi connectivity index (χ3v) is 3.76. The SMILES string of the molecule is CCNC(=NCc1ccc(OCC(F)(F)F)c(OC)c1)NCc1ccc(F)cc1.I. The zero-order valence-corrected chi connectivity index (χ0v) is 18.9. The van der Waals surface area contributed by atoms with E-state index in [-0.39, 0.29) is 47.8 Å². The van der Waals surface area contributed by atoms with E-state index in [1.807, 2.05) is 6.92 Å². The first kappa shape index (κ1) is 25.8. The van der Waals surface area contributed by atoms with E-state index in [0.717, 1.165) is 11.1 Å². The molecule has 0 unspecified atom stereocenters. The summed E-state index contributed by atoms with van der Waals surface area (Å²) in [7, 11) is 1.36. The van der Waals surface area contributed by atoms with Crippen LogP contribution in [-0.2, 0) is 13.1 Å². The van der Waals surface area contributed by atoms with Crippen molar-refractivity contribution in [3.05, 3.63) is 59.4 Å². The molecule has 0 heterocycles. The molecule has 2 aromatic carbocycles. The molecular weight excluding hydrogens is 517 g/mol. The Morgan fingerprint density at radius 1 is 1.00 bits per heavy atom. The van der Waals surface area contributed by atoms with Crippen LogP contribution < -0.4 is 20.1 Å². The second-order valence-electron chi connectivity index (χ2n) is 6.06. The predicted octanol–water partition coefficient (Wildman–Crippen LogP) is 4.65. The summed E-state index contributed by atoms with van der Waals surface area (Å²) in [6.45, 7) is 1.90. The summed E-state index contributed by atoms with van der Waals surface area (Å²) in [4.78, 5) is 4.45. The molecule has 2 aromatic rings. The standard InChI is InChI=1S/C20H23F4N3O2.HI/c1-3-25-19(26-11-14-4-7-16(21)8-5-14)27-12-15-6-9-17(18(10-15)28-2)29-13-20(22,23)24;/h4-10H,3,11-13H2,1-2H3,(H2,25,26,27);1H. The van der Waals surface area contributed by atoms with E-state index in [1.165, 1.54) is 25.3 Å². The lowest BCUT2D eigenvalue weighted by atomic mass is 10.2. The topological polar surface area (TPSA) is 54.9 Å². The van der Waals surface area contributed by atoms with Gasteiger partial charge in [0.2, 0.25) is 0 Å². The van der Waals surface area contributed by atoms with E-state index in [9.17, 15) is 17.6 Å². The Kier molecular flexibility index (Phi) is 10.7. The van der Waals surface area contributed by atoms with Gasteiger partial charge in [-0.25, -0.2) is 9.38 Å². The van der Waals surface area contributed by atoms with Gasteiger partial charge in [-0.05, 0) is 42.3 Å². The molecule has 0 aliphatic carbocycles. The highest BCUT2D eigenvalue weighted by atomic mass is 127. The van der Waals surface area contributed by atoms with Gasteiger partial charge in [-0.15, -0.1) is 24.0 Å². The molecular formula is C20H24F4IN3O2. The van der Waals surface area contributed by atoms with E-state index < -0.39 is 12.8 Å². The van der Waals surface area contributed by atoms with Crippen LogP contribution in [0.4, 0.5) is 17.6 Å². The Bertz CT molecular complexity index is 815. The van der Waals surface area contributed by atoms with E-state index in [2.05, 4.69) is 15.6 Å². The first-order chi connectivity index (χ1) is 13.8. The summed E-state index contributed by atoms with van der Waals surface area (Å²) in [6.07, 6.45) is -4.43. The van der Waals surface area contributed by atoms with Gasteiger partial charge in [0, 0.05) is 13.1 Å². The number of halogens is 5.